The van der Waals surface area contributed by atoms with Gasteiger partial charge in [-0.1, -0.05) is 55.3 Å². The van der Waals surface area contributed by atoms with Gasteiger partial charge >= 0.3 is 0 Å². The minimum Gasteiger partial charge on any atom is -0.340 e. The molecule has 30 heavy (non-hydrogen) atoms. The molecule has 1 aliphatic heterocycles. The van der Waals surface area contributed by atoms with Gasteiger partial charge in [0.05, 0.1) is 6.04 Å². The number of fused-ring (bicyclic) bond motifs is 2. The smallest absolute Gasteiger partial charge is 0.298 e. The fraction of sp³-hybridized carbons (Fsp3) is 0.435. The predicted molar refractivity (Wildman–Crippen MR) is 126 cm³/mol. The molecule has 2 aromatic rings. The van der Waals surface area contributed by atoms with E-state index >= 15 is 0 Å². The molecule has 1 aromatic heterocycles. The van der Waals surface area contributed by atoms with Crippen LogP contribution in [-0.2, 0) is 10.0 Å². The molecule has 0 N–H and O–H groups in total. The number of likely N-dealkylation sites (N-methyl/N-ethyl adjacent to an activating group) is 1. The number of hydrogen-bond donors (Lipinski definition) is 0. The number of aliphatic imine (C=N–C) groups is 1. The van der Waals surface area contributed by atoms with Crippen LogP contribution in [0.1, 0.15) is 31.7 Å². The third-order valence-corrected chi connectivity index (χ3v) is 9.69. The largest absolute Gasteiger partial charge is 0.340 e. The molecule has 5 nitrogen and oxygen atoms in total. The molecule has 158 valence electrons. The topological polar surface area (TPSA) is 53.0 Å². The van der Waals surface area contributed by atoms with Gasteiger partial charge in [-0.2, -0.15) is 8.42 Å². The van der Waals surface area contributed by atoms with Crippen LogP contribution < -0.4 is 4.31 Å². The summed E-state index contributed by atoms with van der Waals surface area (Å²) in [7, 11) is -1.95. The Labute approximate surface area is 182 Å². The minimum atomic E-state index is -3.79. The molecule has 7 heteroatoms. The minimum absolute atomic E-state index is 0.0824. The number of sulfonamides is 1. The maximum atomic E-state index is 14.0. The average Bonchev–Trinajstić information content (AvgIpc) is 3.43. The van der Waals surface area contributed by atoms with Gasteiger partial charge in [0.2, 0.25) is 5.17 Å². The van der Waals surface area contributed by atoms with Crippen molar-refractivity contribution in [3.05, 3.63) is 54.1 Å². The summed E-state index contributed by atoms with van der Waals surface area (Å²) in [5.74, 6) is 0.645. The monoisotopic (exact) mass is 441 g/mol. The van der Waals surface area contributed by atoms with Gasteiger partial charge < -0.3 is 4.90 Å². The predicted octanol–water partition coefficient (Wildman–Crippen LogP) is 4.70. The zero-order valence-corrected chi connectivity index (χ0v) is 19.2. The third kappa shape index (κ3) is 3.10. The van der Waals surface area contributed by atoms with Gasteiger partial charge in [-0.25, -0.2) is 4.99 Å². The Bertz CT molecular complexity index is 1190. The lowest BCUT2D eigenvalue weighted by molar-refractivity contribution is 0.370. The van der Waals surface area contributed by atoms with Crippen molar-refractivity contribution < 1.29 is 8.42 Å². The van der Waals surface area contributed by atoms with E-state index in [1.54, 1.807) is 15.6 Å². The molecule has 1 aromatic carbocycles. The SMILES string of the molecule is Cc1c(N(CCC2CC2)S(=O)(=O)C2=NC3(C)C=CC=CC3N2C)sc2ccccc12. The highest BCUT2D eigenvalue weighted by molar-refractivity contribution is 8.07. The van der Waals surface area contributed by atoms with Crippen molar-refractivity contribution in [3.63, 3.8) is 0 Å². The standard InChI is InChI=1S/C23H27N3O2S2/c1-16-18-8-4-5-9-19(18)29-21(16)26(15-13-17-11-12-17)30(27,28)22-24-23(2)14-7-6-10-20(23)25(22)3/h4-10,14,17,20H,11-13,15H2,1-3H3. The fourth-order valence-electron chi connectivity index (χ4n) is 4.52. The molecule has 0 radical (unpaired) electrons. The molecule has 2 atom stereocenters. The summed E-state index contributed by atoms with van der Waals surface area (Å²) in [5, 5.41) is 2.11. The van der Waals surface area contributed by atoms with Gasteiger partial charge in [0.15, 0.2) is 0 Å². The van der Waals surface area contributed by atoms with Crippen LogP contribution in [-0.4, -0.2) is 43.7 Å². The van der Waals surface area contributed by atoms with Crippen molar-refractivity contribution >= 4 is 41.6 Å². The van der Waals surface area contributed by atoms with E-state index in [0.29, 0.717) is 12.5 Å². The number of nitrogens with zero attached hydrogens (tertiary/aromatic N) is 3. The first kappa shape index (κ1) is 19.8. The highest BCUT2D eigenvalue weighted by atomic mass is 32.2. The van der Waals surface area contributed by atoms with Crippen LogP contribution in [0.2, 0.25) is 0 Å². The molecule has 2 heterocycles. The average molecular weight is 442 g/mol. The van der Waals surface area contributed by atoms with Crippen molar-refractivity contribution in [1.29, 1.82) is 0 Å². The second-order valence-electron chi connectivity index (χ2n) is 8.76. The Balaban J connectivity index is 1.60. The van der Waals surface area contributed by atoms with E-state index in [4.69, 9.17) is 4.99 Å². The number of hydrogen-bond acceptors (Lipinski definition) is 5. The Morgan fingerprint density at radius 3 is 2.73 bits per heavy atom. The lowest BCUT2D eigenvalue weighted by Crippen LogP contribution is -2.46. The highest BCUT2D eigenvalue weighted by Gasteiger charge is 2.47. The third-order valence-electron chi connectivity index (χ3n) is 6.50. The number of aryl methyl sites for hydroxylation is 1. The van der Waals surface area contributed by atoms with E-state index < -0.39 is 15.6 Å². The van der Waals surface area contributed by atoms with Crippen molar-refractivity contribution in [2.75, 3.05) is 17.9 Å². The normalized spacial score (nSPS) is 25.6. The number of anilines is 1. The Hall–Kier alpha value is -2.12. The maximum Gasteiger partial charge on any atom is 0.298 e. The van der Waals surface area contributed by atoms with Gasteiger partial charge in [-0.3, -0.25) is 4.31 Å². The van der Waals surface area contributed by atoms with Crippen LogP contribution in [0.5, 0.6) is 0 Å². The van der Waals surface area contributed by atoms with Crippen molar-refractivity contribution in [2.45, 2.75) is 44.7 Å². The molecular formula is C23H27N3O2S2. The number of thiophene rings is 1. The van der Waals surface area contributed by atoms with Crippen LogP contribution in [0, 0.1) is 12.8 Å². The molecule has 0 bridgehead atoms. The van der Waals surface area contributed by atoms with Gasteiger partial charge in [0.25, 0.3) is 10.0 Å². The Morgan fingerprint density at radius 1 is 1.27 bits per heavy atom. The molecular weight excluding hydrogens is 414 g/mol. The number of rotatable bonds is 5. The Morgan fingerprint density at radius 2 is 2.03 bits per heavy atom. The van der Waals surface area contributed by atoms with Gasteiger partial charge in [-0.15, -0.1) is 11.3 Å². The maximum absolute atomic E-state index is 14.0. The van der Waals surface area contributed by atoms with E-state index in [0.717, 1.165) is 27.1 Å². The van der Waals surface area contributed by atoms with Gasteiger partial charge in [0.1, 0.15) is 10.5 Å². The van der Waals surface area contributed by atoms with Crippen LogP contribution in [0.4, 0.5) is 5.00 Å². The summed E-state index contributed by atoms with van der Waals surface area (Å²) in [4.78, 5) is 6.57. The molecule has 5 rings (SSSR count). The summed E-state index contributed by atoms with van der Waals surface area (Å²) in [6.45, 7) is 4.52. The van der Waals surface area contributed by atoms with E-state index in [2.05, 4.69) is 12.1 Å². The summed E-state index contributed by atoms with van der Waals surface area (Å²) in [6.07, 6.45) is 11.2. The molecule has 3 aliphatic rings. The summed E-state index contributed by atoms with van der Waals surface area (Å²) in [6, 6.07) is 8.06. The zero-order valence-electron chi connectivity index (χ0n) is 17.6. The number of amidine groups is 1. The van der Waals surface area contributed by atoms with Crippen molar-refractivity contribution in [1.82, 2.24) is 4.90 Å². The first-order valence-electron chi connectivity index (χ1n) is 10.5. The Kier molecular flexibility index (Phi) is 4.59. The molecule has 0 saturated heterocycles. The van der Waals surface area contributed by atoms with Crippen molar-refractivity contribution in [2.24, 2.45) is 10.9 Å². The molecule has 0 amide bonds. The van der Waals surface area contributed by atoms with E-state index in [-0.39, 0.29) is 11.2 Å². The summed E-state index contributed by atoms with van der Waals surface area (Å²) >= 11 is 1.56. The zero-order chi connectivity index (χ0) is 21.1. The van der Waals surface area contributed by atoms with Crippen LogP contribution in [0.15, 0.2) is 53.6 Å². The highest BCUT2D eigenvalue weighted by Crippen LogP contribution is 2.42. The lowest BCUT2D eigenvalue weighted by Gasteiger charge is -2.31. The second kappa shape index (κ2) is 6.95. The molecule has 1 saturated carbocycles. The lowest BCUT2D eigenvalue weighted by atomic mass is 9.89. The van der Waals surface area contributed by atoms with Crippen molar-refractivity contribution in [3.8, 4) is 0 Å². The van der Waals surface area contributed by atoms with Gasteiger partial charge in [-0.05, 0) is 43.2 Å². The van der Waals surface area contributed by atoms with E-state index in [1.165, 1.54) is 12.8 Å². The summed E-state index contributed by atoms with van der Waals surface area (Å²) in [5.41, 5.74) is 0.475. The molecule has 2 aliphatic carbocycles. The van der Waals surface area contributed by atoms with E-state index in [9.17, 15) is 8.42 Å². The van der Waals surface area contributed by atoms with Gasteiger partial charge in [0, 0.05) is 18.3 Å². The molecule has 1 fully saturated rings. The van der Waals surface area contributed by atoms with Crippen LogP contribution in [0.3, 0.4) is 0 Å². The molecule has 0 spiro atoms. The number of benzene rings is 1. The quantitative estimate of drug-likeness (QED) is 0.676. The summed E-state index contributed by atoms with van der Waals surface area (Å²) < 4.78 is 30.8. The van der Waals surface area contributed by atoms with E-state index in [1.807, 2.05) is 62.2 Å². The fourth-order valence-corrected chi connectivity index (χ4v) is 7.75. The first-order valence-corrected chi connectivity index (χ1v) is 12.8. The number of allylic oxidation sites excluding steroid dienone is 2. The second-order valence-corrected chi connectivity index (χ2v) is 11.5. The molecule has 2 unspecified atom stereocenters. The van der Waals surface area contributed by atoms with Crippen LogP contribution in [0.25, 0.3) is 10.1 Å². The van der Waals surface area contributed by atoms with Crippen LogP contribution >= 0.6 is 11.3 Å². The first-order chi connectivity index (χ1) is 14.3.